The zero-order valence-corrected chi connectivity index (χ0v) is 12.0. The Kier molecular flexibility index (Phi) is 4.09. The summed E-state index contributed by atoms with van der Waals surface area (Å²) in [5.41, 5.74) is 0.608. The maximum Gasteiger partial charge on any atom is 0.311 e. The number of aliphatic imine (C=N–C) groups is 1. The molecule has 6 nitrogen and oxygen atoms in total. The number of nitro groups is 1. The Balaban J connectivity index is 2.38. The fourth-order valence-electron chi connectivity index (χ4n) is 1.60. The molecule has 20 heavy (non-hydrogen) atoms. The van der Waals surface area contributed by atoms with Crippen LogP contribution in [0.1, 0.15) is 11.1 Å². The van der Waals surface area contributed by atoms with Crippen LogP contribution in [0.4, 0.5) is 11.5 Å². The van der Waals surface area contributed by atoms with Crippen molar-refractivity contribution in [2.24, 2.45) is 4.99 Å². The molecule has 0 aliphatic heterocycles. The molecule has 2 aromatic rings. The third-order valence-electron chi connectivity index (χ3n) is 2.51. The summed E-state index contributed by atoms with van der Waals surface area (Å²) < 4.78 is 0.825. The third kappa shape index (κ3) is 3.18. The molecule has 1 aromatic heterocycles. The Labute approximate surface area is 123 Å². The van der Waals surface area contributed by atoms with Crippen LogP contribution in [0, 0.1) is 17.0 Å². The van der Waals surface area contributed by atoms with Crippen molar-refractivity contribution in [1.29, 1.82) is 0 Å². The molecule has 0 unspecified atom stereocenters. The van der Waals surface area contributed by atoms with Crippen LogP contribution in [-0.2, 0) is 0 Å². The van der Waals surface area contributed by atoms with E-state index in [1.807, 2.05) is 0 Å². The monoisotopic (exact) mass is 335 g/mol. The smallest absolute Gasteiger partial charge is 0.311 e. The van der Waals surface area contributed by atoms with Gasteiger partial charge >= 0.3 is 5.69 Å². The average molecular weight is 336 g/mol. The van der Waals surface area contributed by atoms with Crippen molar-refractivity contribution in [2.45, 2.75) is 6.92 Å². The number of hydrogen-bond acceptors (Lipinski definition) is 5. The summed E-state index contributed by atoms with van der Waals surface area (Å²) in [5, 5.41) is 20.7. The lowest BCUT2D eigenvalue weighted by molar-refractivity contribution is -0.385. The maximum atomic E-state index is 10.8. The minimum Gasteiger partial charge on any atom is -0.502 e. The predicted molar refractivity (Wildman–Crippen MR) is 78.7 cm³/mol. The summed E-state index contributed by atoms with van der Waals surface area (Å²) in [7, 11) is 0. The quantitative estimate of drug-likeness (QED) is 0.528. The van der Waals surface area contributed by atoms with Crippen molar-refractivity contribution in [3.05, 3.63) is 56.2 Å². The molecule has 0 amide bonds. The molecule has 1 aromatic carbocycles. The normalized spacial score (nSPS) is 10.9. The summed E-state index contributed by atoms with van der Waals surface area (Å²) in [5.74, 6) is 0.0400. The number of pyridine rings is 1. The Morgan fingerprint density at radius 1 is 1.45 bits per heavy atom. The highest BCUT2D eigenvalue weighted by Gasteiger charge is 2.16. The number of aromatic nitrogens is 1. The standard InChI is InChI=1S/C13H10BrN3O3/c1-8-4-9(13(18)11(5-8)17(19)20)6-15-12-3-2-10(14)7-16-12/h2-7,18H,1H3. The van der Waals surface area contributed by atoms with E-state index < -0.39 is 10.7 Å². The van der Waals surface area contributed by atoms with Crippen molar-refractivity contribution < 1.29 is 10.0 Å². The molecule has 2 rings (SSSR count). The number of benzene rings is 1. The van der Waals surface area contributed by atoms with Gasteiger partial charge in [0.1, 0.15) is 0 Å². The lowest BCUT2D eigenvalue weighted by Gasteiger charge is -2.02. The summed E-state index contributed by atoms with van der Waals surface area (Å²) in [6.07, 6.45) is 2.94. The van der Waals surface area contributed by atoms with Gasteiger partial charge in [-0.05, 0) is 46.6 Å². The highest BCUT2D eigenvalue weighted by Crippen LogP contribution is 2.30. The summed E-state index contributed by atoms with van der Waals surface area (Å²) in [6.45, 7) is 1.71. The number of rotatable bonds is 3. The molecule has 0 aliphatic rings. The molecule has 1 heterocycles. The average Bonchev–Trinajstić information content (AvgIpc) is 2.41. The largest absolute Gasteiger partial charge is 0.502 e. The van der Waals surface area contributed by atoms with E-state index in [1.54, 1.807) is 31.3 Å². The molecule has 0 atom stereocenters. The lowest BCUT2D eigenvalue weighted by atomic mass is 10.1. The minimum atomic E-state index is -0.627. The first-order chi connectivity index (χ1) is 9.47. The Hall–Kier alpha value is -2.28. The molecule has 0 saturated carbocycles. The van der Waals surface area contributed by atoms with Gasteiger partial charge in [0.2, 0.25) is 5.75 Å². The second kappa shape index (κ2) is 5.79. The van der Waals surface area contributed by atoms with E-state index in [-0.39, 0.29) is 11.3 Å². The van der Waals surface area contributed by atoms with E-state index in [9.17, 15) is 15.2 Å². The molecule has 0 radical (unpaired) electrons. The van der Waals surface area contributed by atoms with E-state index in [2.05, 4.69) is 25.9 Å². The number of aryl methyl sites for hydroxylation is 1. The molecule has 7 heteroatoms. The van der Waals surface area contributed by atoms with Crippen molar-refractivity contribution in [1.82, 2.24) is 4.98 Å². The number of nitrogens with zero attached hydrogens (tertiary/aromatic N) is 3. The summed E-state index contributed by atoms with van der Waals surface area (Å²) in [6, 6.07) is 6.38. The molecule has 0 bridgehead atoms. The number of phenolic OH excluding ortho intramolecular Hbond substituents is 1. The summed E-state index contributed by atoms with van der Waals surface area (Å²) in [4.78, 5) is 18.3. The molecule has 0 fully saturated rings. The van der Waals surface area contributed by atoms with E-state index >= 15 is 0 Å². The van der Waals surface area contributed by atoms with Gasteiger partial charge in [-0.15, -0.1) is 0 Å². The van der Waals surface area contributed by atoms with Gasteiger partial charge in [-0.1, -0.05) is 0 Å². The van der Waals surface area contributed by atoms with E-state index in [0.717, 1.165) is 4.47 Å². The SMILES string of the molecule is Cc1cc(C=Nc2ccc(Br)cn2)c(O)c([N+](=O)[O-])c1. The van der Waals surface area contributed by atoms with Crippen LogP contribution >= 0.6 is 15.9 Å². The zero-order chi connectivity index (χ0) is 14.7. The molecular formula is C13H10BrN3O3. The van der Waals surface area contributed by atoms with Gasteiger partial charge in [-0.3, -0.25) is 10.1 Å². The van der Waals surface area contributed by atoms with Gasteiger partial charge in [-0.2, -0.15) is 0 Å². The van der Waals surface area contributed by atoms with Gasteiger partial charge in [0, 0.05) is 28.5 Å². The molecular weight excluding hydrogens is 326 g/mol. The van der Waals surface area contributed by atoms with Crippen molar-refractivity contribution in [2.75, 3.05) is 0 Å². The maximum absolute atomic E-state index is 10.8. The van der Waals surface area contributed by atoms with Crippen LogP contribution in [0.15, 0.2) is 39.9 Å². The first-order valence-electron chi connectivity index (χ1n) is 5.61. The fourth-order valence-corrected chi connectivity index (χ4v) is 1.84. The van der Waals surface area contributed by atoms with Crippen LogP contribution in [0.5, 0.6) is 5.75 Å². The summed E-state index contributed by atoms with van der Waals surface area (Å²) >= 11 is 3.26. The first-order valence-corrected chi connectivity index (χ1v) is 6.40. The Morgan fingerprint density at radius 3 is 2.80 bits per heavy atom. The third-order valence-corrected chi connectivity index (χ3v) is 2.98. The molecule has 1 N–H and O–H groups in total. The van der Waals surface area contributed by atoms with E-state index in [0.29, 0.717) is 11.4 Å². The van der Waals surface area contributed by atoms with Gasteiger partial charge in [0.05, 0.1) is 4.92 Å². The highest BCUT2D eigenvalue weighted by atomic mass is 79.9. The van der Waals surface area contributed by atoms with E-state index in [4.69, 9.17) is 0 Å². The number of hydrogen-bond donors (Lipinski definition) is 1. The lowest BCUT2D eigenvalue weighted by Crippen LogP contribution is -1.93. The predicted octanol–water partition coefficient (Wildman–Crippen LogP) is 3.52. The van der Waals surface area contributed by atoms with Gasteiger partial charge in [0.25, 0.3) is 0 Å². The minimum absolute atomic E-state index is 0.279. The highest BCUT2D eigenvalue weighted by molar-refractivity contribution is 9.10. The Morgan fingerprint density at radius 2 is 2.20 bits per heavy atom. The molecule has 0 spiro atoms. The topological polar surface area (TPSA) is 88.6 Å². The van der Waals surface area contributed by atoms with Crippen LogP contribution in [0.25, 0.3) is 0 Å². The van der Waals surface area contributed by atoms with Crippen LogP contribution in [-0.4, -0.2) is 21.2 Å². The van der Waals surface area contributed by atoms with Crippen molar-refractivity contribution in [3.8, 4) is 5.75 Å². The second-order valence-corrected chi connectivity index (χ2v) is 4.99. The van der Waals surface area contributed by atoms with Crippen LogP contribution in [0.3, 0.4) is 0 Å². The van der Waals surface area contributed by atoms with Gasteiger partial charge in [0.15, 0.2) is 5.82 Å². The van der Waals surface area contributed by atoms with Crippen LogP contribution in [0.2, 0.25) is 0 Å². The first kappa shape index (κ1) is 14.1. The van der Waals surface area contributed by atoms with E-state index in [1.165, 1.54) is 12.3 Å². The number of nitro benzene ring substituents is 1. The van der Waals surface area contributed by atoms with Crippen molar-refractivity contribution in [3.63, 3.8) is 0 Å². The van der Waals surface area contributed by atoms with Crippen molar-refractivity contribution >= 4 is 33.6 Å². The number of halogens is 1. The van der Waals surface area contributed by atoms with Crippen LogP contribution < -0.4 is 0 Å². The second-order valence-electron chi connectivity index (χ2n) is 4.07. The molecule has 102 valence electrons. The van der Waals surface area contributed by atoms with Gasteiger partial charge < -0.3 is 5.11 Å². The molecule has 0 saturated heterocycles. The zero-order valence-electron chi connectivity index (χ0n) is 10.4. The molecule has 0 aliphatic carbocycles. The van der Waals surface area contributed by atoms with Gasteiger partial charge in [-0.25, -0.2) is 9.98 Å². The number of aromatic hydroxyl groups is 1. The Bertz CT molecular complexity index is 684. The number of phenols is 1. The fraction of sp³-hybridized carbons (Fsp3) is 0.0769.